The van der Waals surface area contributed by atoms with Crippen LogP contribution in [0.3, 0.4) is 0 Å². The summed E-state index contributed by atoms with van der Waals surface area (Å²) in [7, 11) is 0. The second-order valence-electron chi connectivity index (χ2n) is 3.75. The number of ether oxygens (including phenoxy) is 1. The SMILES string of the molecule is OCCC#Cc1cc(OC2CCNC2)ncn1. The summed E-state index contributed by atoms with van der Waals surface area (Å²) in [5.74, 6) is 6.23. The maximum Gasteiger partial charge on any atom is 0.217 e. The largest absolute Gasteiger partial charge is 0.473 e. The highest BCUT2D eigenvalue weighted by Crippen LogP contribution is 2.11. The first kappa shape index (κ1) is 11.8. The lowest BCUT2D eigenvalue weighted by atomic mass is 10.3. The van der Waals surface area contributed by atoms with Crippen molar-refractivity contribution in [2.75, 3.05) is 19.7 Å². The van der Waals surface area contributed by atoms with Gasteiger partial charge in [-0.2, -0.15) is 0 Å². The van der Waals surface area contributed by atoms with Crippen LogP contribution in [0.2, 0.25) is 0 Å². The van der Waals surface area contributed by atoms with E-state index in [1.165, 1.54) is 6.33 Å². The molecule has 1 aromatic rings. The van der Waals surface area contributed by atoms with Gasteiger partial charge in [-0.15, -0.1) is 0 Å². The highest BCUT2D eigenvalue weighted by atomic mass is 16.5. The molecule has 0 spiro atoms. The first-order valence-electron chi connectivity index (χ1n) is 5.67. The fourth-order valence-corrected chi connectivity index (χ4v) is 1.58. The Kier molecular flexibility index (Phi) is 4.30. The number of hydrogen-bond acceptors (Lipinski definition) is 5. The minimum Gasteiger partial charge on any atom is -0.473 e. The Morgan fingerprint density at radius 1 is 1.53 bits per heavy atom. The number of nitrogens with one attached hydrogen (secondary N) is 1. The Morgan fingerprint density at radius 2 is 2.47 bits per heavy atom. The van der Waals surface area contributed by atoms with Crippen LogP contribution in [0.25, 0.3) is 0 Å². The van der Waals surface area contributed by atoms with Crippen molar-refractivity contribution < 1.29 is 9.84 Å². The zero-order valence-electron chi connectivity index (χ0n) is 9.52. The molecule has 2 heterocycles. The molecule has 0 radical (unpaired) electrons. The summed E-state index contributed by atoms with van der Waals surface area (Å²) >= 11 is 0. The molecular formula is C12H15N3O2. The van der Waals surface area contributed by atoms with E-state index in [0.29, 0.717) is 18.0 Å². The number of aliphatic hydroxyl groups is 1. The number of hydrogen-bond donors (Lipinski definition) is 2. The van der Waals surface area contributed by atoms with Crippen LogP contribution in [0.4, 0.5) is 0 Å². The molecule has 1 aromatic heterocycles. The summed E-state index contributed by atoms with van der Waals surface area (Å²) in [4.78, 5) is 8.08. The quantitative estimate of drug-likeness (QED) is 0.717. The number of aromatic nitrogens is 2. The van der Waals surface area contributed by atoms with Crippen LogP contribution in [0.15, 0.2) is 12.4 Å². The van der Waals surface area contributed by atoms with Crippen LogP contribution in [-0.2, 0) is 0 Å². The molecule has 1 unspecified atom stereocenters. The van der Waals surface area contributed by atoms with Crippen LogP contribution in [0.1, 0.15) is 18.5 Å². The lowest BCUT2D eigenvalue weighted by molar-refractivity contribution is 0.213. The third kappa shape index (κ3) is 3.70. The lowest BCUT2D eigenvalue weighted by Crippen LogP contribution is -2.20. The maximum atomic E-state index is 8.62. The maximum absolute atomic E-state index is 8.62. The van der Waals surface area contributed by atoms with Crippen molar-refractivity contribution in [1.82, 2.24) is 15.3 Å². The number of nitrogens with zero attached hydrogens (tertiary/aromatic N) is 2. The third-order valence-corrected chi connectivity index (χ3v) is 2.40. The Morgan fingerprint density at radius 3 is 3.24 bits per heavy atom. The van der Waals surface area contributed by atoms with E-state index in [2.05, 4.69) is 27.1 Å². The first-order valence-corrected chi connectivity index (χ1v) is 5.67. The van der Waals surface area contributed by atoms with Gasteiger partial charge in [0.15, 0.2) is 0 Å². The van der Waals surface area contributed by atoms with Gasteiger partial charge in [-0.05, 0) is 18.9 Å². The van der Waals surface area contributed by atoms with Crippen molar-refractivity contribution in [3.63, 3.8) is 0 Å². The third-order valence-electron chi connectivity index (χ3n) is 2.40. The highest BCUT2D eigenvalue weighted by molar-refractivity contribution is 5.30. The summed E-state index contributed by atoms with van der Waals surface area (Å²) in [6, 6.07) is 1.72. The Bertz CT molecular complexity index is 419. The van der Waals surface area contributed by atoms with Crippen molar-refractivity contribution in [2.24, 2.45) is 0 Å². The molecule has 1 aliphatic rings. The van der Waals surface area contributed by atoms with E-state index in [4.69, 9.17) is 9.84 Å². The predicted molar refractivity (Wildman–Crippen MR) is 62.5 cm³/mol. The van der Waals surface area contributed by atoms with Crippen molar-refractivity contribution in [3.8, 4) is 17.7 Å². The van der Waals surface area contributed by atoms with Crippen LogP contribution in [-0.4, -0.2) is 40.9 Å². The Labute approximate surface area is 100 Å². The molecule has 0 saturated carbocycles. The second-order valence-corrected chi connectivity index (χ2v) is 3.75. The van der Waals surface area contributed by atoms with Gasteiger partial charge in [0, 0.05) is 19.0 Å². The van der Waals surface area contributed by atoms with Crippen molar-refractivity contribution in [3.05, 3.63) is 18.1 Å². The summed E-state index contributed by atoms with van der Waals surface area (Å²) in [5, 5.41) is 11.8. The van der Waals surface area contributed by atoms with Crippen LogP contribution < -0.4 is 10.1 Å². The van der Waals surface area contributed by atoms with E-state index in [9.17, 15) is 0 Å². The minimum absolute atomic E-state index is 0.0647. The molecular weight excluding hydrogens is 218 g/mol. The van der Waals surface area contributed by atoms with Gasteiger partial charge >= 0.3 is 0 Å². The number of rotatable bonds is 3. The normalized spacial score (nSPS) is 18.5. The average molecular weight is 233 g/mol. The van der Waals surface area contributed by atoms with E-state index < -0.39 is 0 Å². The molecule has 0 bridgehead atoms. The van der Waals surface area contributed by atoms with Gasteiger partial charge in [0.2, 0.25) is 5.88 Å². The standard InChI is InChI=1S/C12H15N3O2/c16-6-2-1-3-10-7-12(15-9-14-10)17-11-4-5-13-8-11/h7,9,11,13,16H,2,4-6,8H2. The predicted octanol–water partition coefficient (Wildman–Crippen LogP) is -0.0488. The molecule has 0 aromatic carbocycles. The highest BCUT2D eigenvalue weighted by Gasteiger charge is 2.16. The molecule has 2 N–H and O–H groups in total. The minimum atomic E-state index is 0.0647. The smallest absolute Gasteiger partial charge is 0.217 e. The lowest BCUT2D eigenvalue weighted by Gasteiger charge is -2.10. The van der Waals surface area contributed by atoms with Crippen LogP contribution >= 0.6 is 0 Å². The van der Waals surface area contributed by atoms with Gasteiger partial charge in [-0.25, -0.2) is 9.97 Å². The molecule has 2 rings (SSSR count). The van der Waals surface area contributed by atoms with Gasteiger partial charge < -0.3 is 15.2 Å². The summed E-state index contributed by atoms with van der Waals surface area (Å²) in [6.07, 6.45) is 3.08. The van der Waals surface area contributed by atoms with Crippen molar-refractivity contribution in [1.29, 1.82) is 0 Å². The molecule has 1 fully saturated rings. The molecule has 1 saturated heterocycles. The van der Waals surface area contributed by atoms with Gasteiger partial charge in [-0.3, -0.25) is 0 Å². The van der Waals surface area contributed by atoms with Crippen LogP contribution in [0, 0.1) is 11.8 Å². The van der Waals surface area contributed by atoms with E-state index in [0.717, 1.165) is 19.5 Å². The van der Waals surface area contributed by atoms with Gasteiger partial charge in [-0.1, -0.05) is 5.92 Å². The average Bonchev–Trinajstić information content (AvgIpc) is 2.83. The molecule has 17 heavy (non-hydrogen) atoms. The van der Waals surface area contributed by atoms with Gasteiger partial charge in [0.1, 0.15) is 18.1 Å². The van der Waals surface area contributed by atoms with Gasteiger partial charge in [0.05, 0.1) is 6.61 Å². The number of aliphatic hydroxyl groups excluding tert-OH is 1. The topological polar surface area (TPSA) is 67.3 Å². The van der Waals surface area contributed by atoms with Crippen LogP contribution in [0.5, 0.6) is 5.88 Å². The molecule has 5 nitrogen and oxygen atoms in total. The summed E-state index contributed by atoms with van der Waals surface area (Å²) in [6.45, 7) is 1.91. The first-order chi connectivity index (χ1) is 8.38. The fourth-order valence-electron chi connectivity index (χ4n) is 1.58. The van der Waals surface area contributed by atoms with Crippen molar-refractivity contribution >= 4 is 0 Å². The molecule has 1 aliphatic heterocycles. The van der Waals surface area contributed by atoms with E-state index in [1.54, 1.807) is 6.07 Å². The molecule has 0 aliphatic carbocycles. The summed E-state index contributed by atoms with van der Waals surface area (Å²) in [5.41, 5.74) is 0.620. The van der Waals surface area contributed by atoms with E-state index in [-0.39, 0.29) is 12.7 Å². The molecule has 90 valence electrons. The zero-order chi connectivity index (χ0) is 11.9. The Hall–Kier alpha value is -1.64. The zero-order valence-corrected chi connectivity index (χ0v) is 9.52. The molecule has 1 atom stereocenters. The van der Waals surface area contributed by atoms with Gasteiger partial charge in [0.25, 0.3) is 0 Å². The summed E-state index contributed by atoms with van der Waals surface area (Å²) < 4.78 is 5.69. The van der Waals surface area contributed by atoms with E-state index >= 15 is 0 Å². The molecule has 0 amide bonds. The molecule has 5 heteroatoms. The monoisotopic (exact) mass is 233 g/mol. The van der Waals surface area contributed by atoms with Crippen molar-refractivity contribution in [2.45, 2.75) is 18.9 Å². The Balaban J connectivity index is 1.98. The fraction of sp³-hybridized carbons (Fsp3) is 0.500. The second kappa shape index (κ2) is 6.18. The van der Waals surface area contributed by atoms with E-state index in [1.807, 2.05) is 0 Å².